The van der Waals surface area contributed by atoms with E-state index in [9.17, 15) is 0 Å². The number of hydrogen-bond acceptors (Lipinski definition) is 5. The predicted octanol–water partition coefficient (Wildman–Crippen LogP) is 2.78. The normalized spacial score (nSPS) is 17.4. The number of nitrogen functional groups attached to an aromatic ring is 1. The summed E-state index contributed by atoms with van der Waals surface area (Å²) in [4.78, 5) is 10.8. The van der Waals surface area contributed by atoms with Crippen LogP contribution in [0.3, 0.4) is 0 Å². The minimum absolute atomic E-state index is 0.288. The van der Waals surface area contributed by atoms with Gasteiger partial charge in [0.15, 0.2) is 0 Å². The minimum atomic E-state index is 0.288. The molecule has 1 aromatic carbocycles. The van der Waals surface area contributed by atoms with E-state index in [2.05, 4.69) is 43.9 Å². The second-order valence-electron chi connectivity index (χ2n) is 5.15. The fourth-order valence-electron chi connectivity index (χ4n) is 2.63. The number of nitrogens with zero attached hydrogens (tertiary/aromatic N) is 3. The van der Waals surface area contributed by atoms with Crippen molar-refractivity contribution in [3.63, 3.8) is 0 Å². The molecule has 2 heterocycles. The van der Waals surface area contributed by atoms with Crippen molar-refractivity contribution in [1.82, 2.24) is 14.9 Å². The molecular formula is C15H17BrN4O. The molecule has 1 aliphatic rings. The SMILES string of the molecule is CN(Cc1nccc(N)n1)[C@@H]1CCOc2ccc(Br)cc21. The number of halogens is 1. The summed E-state index contributed by atoms with van der Waals surface area (Å²) in [6.45, 7) is 1.38. The molecule has 3 rings (SSSR count). The van der Waals surface area contributed by atoms with Crippen LogP contribution in [0.1, 0.15) is 23.9 Å². The lowest BCUT2D eigenvalue weighted by Gasteiger charge is -2.33. The van der Waals surface area contributed by atoms with Gasteiger partial charge in [0, 0.05) is 28.7 Å². The second-order valence-corrected chi connectivity index (χ2v) is 6.06. The standard InChI is InChI=1S/C15H17BrN4O/c1-20(9-15-18-6-4-14(17)19-15)12-5-7-21-13-3-2-10(16)8-11(12)13/h2-4,6,8,12H,5,7,9H2,1H3,(H2,17,18,19)/t12-/m1/s1. The summed E-state index contributed by atoms with van der Waals surface area (Å²) in [7, 11) is 2.08. The quantitative estimate of drug-likeness (QED) is 0.923. The Morgan fingerprint density at radius 3 is 3.10 bits per heavy atom. The van der Waals surface area contributed by atoms with Crippen LogP contribution in [0.5, 0.6) is 5.75 Å². The molecule has 0 unspecified atom stereocenters. The van der Waals surface area contributed by atoms with Crippen molar-refractivity contribution in [1.29, 1.82) is 0 Å². The lowest BCUT2D eigenvalue weighted by atomic mass is 9.99. The van der Waals surface area contributed by atoms with E-state index in [0.717, 1.165) is 29.1 Å². The summed E-state index contributed by atoms with van der Waals surface area (Å²) in [5.41, 5.74) is 6.91. The third-order valence-corrected chi connectivity index (χ3v) is 4.12. The smallest absolute Gasteiger partial charge is 0.144 e. The number of anilines is 1. The molecule has 0 aliphatic carbocycles. The number of rotatable bonds is 3. The Kier molecular flexibility index (Phi) is 4.07. The Hall–Kier alpha value is -1.66. The molecular weight excluding hydrogens is 332 g/mol. The highest BCUT2D eigenvalue weighted by Crippen LogP contribution is 2.37. The van der Waals surface area contributed by atoms with Crippen LogP contribution in [0.25, 0.3) is 0 Å². The molecule has 0 amide bonds. The molecule has 21 heavy (non-hydrogen) atoms. The first-order valence-electron chi connectivity index (χ1n) is 6.83. The monoisotopic (exact) mass is 348 g/mol. The average Bonchev–Trinajstić information content (AvgIpc) is 2.46. The number of ether oxygens (including phenoxy) is 1. The molecule has 2 N–H and O–H groups in total. The summed E-state index contributed by atoms with van der Waals surface area (Å²) in [5, 5.41) is 0. The molecule has 0 fully saturated rings. The van der Waals surface area contributed by atoms with E-state index >= 15 is 0 Å². The zero-order valence-corrected chi connectivity index (χ0v) is 13.4. The van der Waals surface area contributed by atoms with Crippen molar-refractivity contribution in [2.45, 2.75) is 19.0 Å². The topological polar surface area (TPSA) is 64.3 Å². The van der Waals surface area contributed by atoms with Gasteiger partial charge in [-0.05, 0) is 31.3 Å². The van der Waals surface area contributed by atoms with Crippen LogP contribution >= 0.6 is 15.9 Å². The Balaban J connectivity index is 1.83. The minimum Gasteiger partial charge on any atom is -0.493 e. The van der Waals surface area contributed by atoms with Crippen molar-refractivity contribution >= 4 is 21.7 Å². The van der Waals surface area contributed by atoms with Crippen molar-refractivity contribution in [3.05, 3.63) is 46.3 Å². The van der Waals surface area contributed by atoms with Gasteiger partial charge in [0.25, 0.3) is 0 Å². The summed E-state index contributed by atoms with van der Waals surface area (Å²) in [6, 6.07) is 8.12. The van der Waals surface area contributed by atoms with E-state index in [1.54, 1.807) is 12.3 Å². The van der Waals surface area contributed by atoms with E-state index in [-0.39, 0.29) is 6.04 Å². The van der Waals surface area contributed by atoms with Crippen molar-refractivity contribution < 1.29 is 4.74 Å². The third kappa shape index (κ3) is 3.16. The number of fused-ring (bicyclic) bond motifs is 1. The van der Waals surface area contributed by atoms with Gasteiger partial charge in [-0.3, -0.25) is 4.90 Å². The predicted molar refractivity (Wildman–Crippen MR) is 84.9 cm³/mol. The molecule has 110 valence electrons. The van der Waals surface area contributed by atoms with Crippen molar-refractivity contribution in [2.75, 3.05) is 19.4 Å². The highest BCUT2D eigenvalue weighted by Gasteiger charge is 2.25. The Morgan fingerprint density at radius 1 is 1.43 bits per heavy atom. The molecule has 1 aromatic heterocycles. The Labute approximate surface area is 132 Å². The largest absolute Gasteiger partial charge is 0.493 e. The van der Waals surface area contributed by atoms with Crippen molar-refractivity contribution in [2.24, 2.45) is 0 Å². The molecule has 6 heteroatoms. The first-order valence-corrected chi connectivity index (χ1v) is 7.62. The fourth-order valence-corrected chi connectivity index (χ4v) is 3.01. The first kappa shape index (κ1) is 14.3. The summed E-state index contributed by atoms with van der Waals surface area (Å²) < 4.78 is 6.79. The maximum absolute atomic E-state index is 5.73. The summed E-state index contributed by atoms with van der Waals surface area (Å²) >= 11 is 3.53. The number of benzene rings is 1. The van der Waals surface area contributed by atoms with E-state index in [4.69, 9.17) is 10.5 Å². The lowest BCUT2D eigenvalue weighted by Crippen LogP contribution is -2.29. The number of aromatic nitrogens is 2. The van der Waals surface area contributed by atoms with Crippen LogP contribution in [0.4, 0.5) is 5.82 Å². The third-order valence-electron chi connectivity index (χ3n) is 3.63. The summed E-state index contributed by atoms with van der Waals surface area (Å²) in [5.74, 6) is 2.19. The number of hydrogen-bond donors (Lipinski definition) is 1. The molecule has 0 saturated carbocycles. The van der Waals surface area contributed by atoms with Gasteiger partial charge >= 0.3 is 0 Å². The van der Waals surface area contributed by atoms with Crippen molar-refractivity contribution in [3.8, 4) is 5.75 Å². The van der Waals surface area contributed by atoms with Gasteiger partial charge in [0.2, 0.25) is 0 Å². The Morgan fingerprint density at radius 2 is 2.29 bits per heavy atom. The van der Waals surface area contributed by atoms with E-state index in [0.29, 0.717) is 12.4 Å². The lowest BCUT2D eigenvalue weighted by molar-refractivity contribution is 0.158. The zero-order valence-electron chi connectivity index (χ0n) is 11.8. The molecule has 1 aliphatic heterocycles. The summed E-state index contributed by atoms with van der Waals surface area (Å²) in [6.07, 6.45) is 2.64. The molecule has 1 atom stereocenters. The van der Waals surface area contributed by atoms with E-state index in [1.165, 1.54) is 5.56 Å². The zero-order chi connectivity index (χ0) is 14.8. The number of nitrogens with two attached hydrogens (primary N) is 1. The maximum Gasteiger partial charge on any atom is 0.144 e. The van der Waals surface area contributed by atoms with Crippen LogP contribution in [0, 0.1) is 0 Å². The Bertz CT molecular complexity index is 649. The van der Waals surface area contributed by atoms with E-state index in [1.807, 2.05) is 12.1 Å². The van der Waals surface area contributed by atoms with Gasteiger partial charge in [-0.15, -0.1) is 0 Å². The molecule has 2 aromatic rings. The first-order chi connectivity index (χ1) is 10.1. The van der Waals surface area contributed by atoms with Crippen LogP contribution in [-0.4, -0.2) is 28.5 Å². The second kappa shape index (κ2) is 5.99. The fraction of sp³-hybridized carbons (Fsp3) is 0.333. The van der Waals surface area contributed by atoms with Gasteiger partial charge in [0.05, 0.1) is 13.2 Å². The highest BCUT2D eigenvalue weighted by molar-refractivity contribution is 9.10. The average molecular weight is 349 g/mol. The molecule has 5 nitrogen and oxygen atoms in total. The molecule has 0 bridgehead atoms. The maximum atomic E-state index is 5.73. The van der Waals surface area contributed by atoms with Crippen LogP contribution in [-0.2, 0) is 6.54 Å². The van der Waals surface area contributed by atoms with Crippen LogP contribution in [0.15, 0.2) is 34.9 Å². The molecule has 0 spiro atoms. The van der Waals surface area contributed by atoms with Crippen LogP contribution < -0.4 is 10.5 Å². The van der Waals surface area contributed by atoms with E-state index < -0.39 is 0 Å². The van der Waals surface area contributed by atoms with Gasteiger partial charge in [-0.25, -0.2) is 9.97 Å². The van der Waals surface area contributed by atoms with Crippen LogP contribution in [0.2, 0.25) is 0 Å². The van der Waals surface area contributed by atoms with Gasteiger partial charge in [-0.1, -0.05) is 15.9 Å². The van der Waals surface area contributed by atoms with Gasteiger partial charge < -0.3 is 10.5 Å². The highest BCUT2D eigenvalue weighted by atomic mass is 79.9. The van der Waals surface area contributed by atoms with Gasteiger partial charge in [0.1, 0.15) is 17.4 Å². The molecule has 0 saturated heterocycles. The van der Waals surface area contributed by atoms with Gasteiger partial charge in [-0.2, -0.15) is 0 Å². The molecule has 0 radical (unpaired) electrons.